The minimum absolute atomic E-state index is 0. The summed E-state index contributed by atoms with van der Waals surface area (Å²) in [5.41, 5.74) is 1.30. The summed E-state index contributed by atoms with van der Waals surface area (Å²) in [5.74, 6) is 1.57. The molecule has 0 bridgehead atoms. The van der Waals surface area contributed by atoms with Crippen molar-refractivity contribution in [3.05, 3.63) is 22.2 Å². The van der Waals surface area contributed by atoms with Crippen LogP contribution in [0.25, 0.3) is 0 Å². The molecule has 140 valence electrons. The van der Waals surface area contributed by atoms with Crippen LogP contribution in [0.4, 0.5) is 0 Å². The third kappa shape index (κ3) is 5.95. The summed E-state index contributed by atoms with van der Waals surface area (Å²) in [6.45, 7) is 6.56. The van der Waals surface area contributed by atoms with Crippen molar-refractivity contribution in [2.45, 2.75) is 32.2 Å². The number of rotatable bonds is 7. The molecule has 1 aliphatic rings. The highest BCUT2D eigenvalue weighted by Gasteiger charge is 2.25. The maximum atomic E-state index is 5.50. The zero-order chi connectivity index (χ0) is 15.9. The van der Waals surface area contributed by atoms with Gasteiger partial charge in [-0.2, -0.15) is 0 Å². The van der Waals surface area contributed by atoms with Crippen LogP contribution in [0.2, 0.25) is 0 Å². The SMILES string of the molecule is CCCC[C@H](c1cc(OC)c(OC)cc1Br)N1CCNCC1.Cl.Cl. The highest BCUT2D eigenvalue weighted by molar-refractivity contribution is 9.10. The lowest BCUT2D eigenvalue weighted by molar-refractivity contribution is 0.162. The number of nitrogens with one attached hydrogen (secondary N) is 1. The number of benzene rings is 1. The third-order valence-corrected chi connectivity index (χ3v) is 4.97. The molecule has 1 heterocycles. The molecule has 1 fully saturated rings. The van der Waals surface area contributed by atoms with Gasteiger partial charge in [0.2, 0.25) is 0 Å². The van der Waals surface area contributed by atoms with Gasteiger partial charge in [-0.05, 0) is 24.1 Å². The molecule has 0 amide bonds. The van der Waals surface area contributed by atoms with Crippen molar-refractivity contribution in [2.24, 2.45) is 0 Å². The average molecular weight is 444 g/mol. The summed E-state index contributed by atoms with van der Waals surface area (Å²) in [5, 5.41) is 3.43. The van der Waals surface area contributed by atoms with E-state index in [0.717, 1.165) is 42.2 Å². The number of piperazine rings is 1. The molecule has 1 aromatic rings. The molecule has 4 nitrogen and oxygen atoms in total. The molecule has 0 aliphatic carbocycles. The molecule has 0 saturated carbocycles. The lowest BCUT2D eigenvalue weighted by atomic mass is 9.98. The molecular weight excluding hydrogens is 415 g/mol. The first-order valence-corrected chi connectivity index (χ1v) is 8.86. The van der Waals surface area contributed by atoms with Crippen LogP contribution < -0.4 is 14.8 Å². The van der Waals surface area contributed by atoms with Gasteiger partial charge in [0.05, 0.1) is 14.2 Å². The second-order valence-corrected chi connectivity index (χ2v) is 6.53. The summed E-state index contributed by atoms with van der Waals surface area (Å²) in [7, 11) is 3.37. The number of nitrogens with zero attached hydrogens (tertiary/aromatic N) is 1. The number of hydrogen-bond donors (Lipinski definition) is 1. The Morgan fingerprint density at radius 3 is 2.25 bits per heavy atom. The summed E-state index contributed by atoms with van der Waals surface area (Å²) in [4.78, 5) is 2.58. The monoisotopic (exact) mass is 442 g/mol. The molecule has 0 unspecified atom stereocenters. The Morgan fingerprint density at radius 2 is 1.71 bits per heavy atom. The molecule has 1 atom stereocenters. The lowest BCUT2D eigenvalue weighted by Gasteiger charge is -2.36. The molecule has 2 rings (SSSR count). The van der Waals surface area contributed by atoms with Crippen molar-refractivity contribution in [3.63, 3.8) is 0 Å². The van der Waals surface area contributed by atoms with Crippen molar-refractivity contribution >= 4 is 40.7 Å². The van der Waals surface area contributed by atoms with Crippen LogP contribution in [-0.2, 0) is 0 Å². The quantitative estimate of drug-likeness (QED) is 0.674. The predicted octanol–water partition coefficient (Wildman–Crippen LogP) is 4.45. The zero-order valence-electron chi connectivity index (χ0n) is 14.6. The van der Waals surface area contributed by atoms with Gasteiger partial charge in [0.15, 0.2) is 11.5 Å². The van der Waals surface area contributed by atoms with Gasteiger partial charge in [-0.15, -0.1) is 24.8 Å². The molecule has 0 spiro atoms. The van der Waals surface area contributed by atoms with E-state index in [2.05, 4.69) is 39.1 Å². The fourth-order valence-electron chi connectivity index (χ4n) is 3.05. The zero-order valence-corrected chi connectivity index (χ0v) is 17.9. The van der Waals surface area contributed by atoms with E-state index in [1.165, 1.54) is 24.8 Å². The Bertz CT molecular complexity index is 486. The van der Waals surface area contributed by atoms with Crippen molar-refractivity contribution in [1.82, 2.24) is 10.2 Å². The number of unbranched alkanes of at least 4 members (excludes halogenated alkanes) is 1. The topological polar surface area (TPSA) is 33.7 Å². The molecule has 0 radical (unpaired) electrons. The minimum Gasteiger partial charge on any atom is -0.493 e. The predicted molar refractivity (Wildman–Crippen MR) is 108 cm³/mol. The molecular formula is C17H29BrCl2N2O2. The molecule has 1 saturated heterocycles. The van der Waals surface area contributed by atoms with Crippen LogP contribution in [0, 0.1) is 0 Å². The first-order chi connectivity index (χ1) is 10.7. The largest absolute Gasteiger partial charge is 0.493 e. The Morgan fingerprint density at radius 1 is 1.12 bits per heavy atom. The maximum absolute atomic E-state index is 5.50. The normalized spacial score (nSPS) is 15.8. The number of methoxy groups -OCH3 is 2. The number of hydrogen-bond acceptors (Lipinski definition) is 4. The molecule has 1 N–H and O–H groups in total. The van der Waals surface area contributed by atoms with E-state index in [1.54, 1.807) is 14.2 Å². The highest BCUT2D eigenvalue weighted by atomic mass is 79.9. The van der Waals surface area contributed by atoms with Crippen LogP contribution in [0.5, 0.6) is 11.5 Å². The Balaban J connectivity index is 0.00000264. The molecule has 1 aliphatic heterocycles. The number of halogens is 3. The first kappa shape index (κ1) is 23.8. The average Bonchev–Trinajstić information content (AvgIpc) is 2.57. The van der Waals surface area contributed by atoms with Gasteiger partial charge in [0.1, 0.15) is 0 Å². The van der Waals surface area contributed by atoms with Crippen molar-refractivity contribution < 1.29 is 9.47 Å². The first-order valence-electron chi connectivity index (χ1n) is 8.07. The fourth-order valence-corrected chi connectivity index (χ4v) is 3.64. The van der Waals surface area contributed by atoms with E-state index in [4.69, 9.17) is 9.47 Å². The van der Waals surface area contributed by atoms with Crippen LogP contribution in [0.3, 0.4) is 0 Å². The van der Waals surface area contributed by atoms with Gasteiger partial charge in [-0.1, -0.05) is 35.7 Å². The van der Waals surface area contributed by atoms with Crippen molar-refractivity contribution in [2.75, 3.05) is 40.4 Å². The maximum Gasteiger partial charge on any atom is 0.161 e. The van der Waals surface area contributed by atoms with E-state index >= 15 is 0 Å². The Kier molecular flexibility index (Phi) is 12.1. The van der Waals surface area contributed by atoms with Gasteiger partial charge in [-0.25, -0.2) is 0 Å². The fraction of sp³-hybridized carbons (Fsp3) is 0.647. The van der Waals surface area contributed by atoms with Gasteiger partial charge in [0, 0.05) is 36.7 Å². The Labute approximate surface area is 166 Å². The molecule has 1 aromatic carbocycles. The van der Waals surface area contributed by atoms with Crippen molar-refractivity contribution in [1.29, 1.82) is 0 Å². The highest BCUT2D eigenvalue weighted by Crippen LogP contribution is 2.39. The molecule has 0 aromatic heterocycles. The smallest absolute Gasteiger partial charge is 0.161 e. The van der Waals surface area contributed by atoms with E-state index < -0.39 is 0 Å². The summed E-state index contributed by atoms with van der Waals surface area (Å²) in [6, 6.07) is 4.58. The van der Waals surface area contributed by atoms with Crippen LogP contribution in [0.15, 0.2) is 16.6 Å². The second-order valence-electron chi connectivity index (χ2n) is 5.67. The summed E-state index contributed by atoms with van der Waals surface area (Å²) >= 11 is 3.73. The third-order valence-electron chi connectivity index (χ3n) is 4.29. The van der Waals surface area contributed by atoms with Crippen LogP contribution in [0.1, 0.15) is 37.8 Å². The van der Waals surface area contributed by atoms with Gasteiger partial charge < -0.3 is 14.8 Å². The van der Waals surface area contributed by atoms with Crippen molar-refractivity contribution in [3.8, 4) is 11.5 Å². The van der Waals surface area contributed by atoms with Crippen LogP contribution in [-0.4, -0.2) is 45.3 Å². The standard InChI is InChI=1S/C17H27BrN2O2.2ClH/c1-4-5-6-15(20-9-7-19-8-10-20)13-11-16(21-2)17(22-3)12-14(13)18;;/h11-12,15,19H,4-10H2,1-3H3;2*1H/t15-;;/m1../s1. The van der Waals surface area contributed by atoms with Crippen LogP contribution >= 0.6 is 40.7 Å². The summed E-state index contributed by atoms with van der Waals surface area (Å²) in [6.07, 6.45) is 3.62. The molecule has 7 heteroatoms. The van der Waals surface area contributed by atoms with E-state index in [-0.39, 0.29) is 24.8 Å². The van der Waals surface area contributed by atoms with Gasteiger partial charge in [0.25, 0.3) is 0 Å². The Hall–Kier alpha value is -0.200. The summed E-state index contributed by atoms with van der Waals surface area (Å²) < 4.78 is 12.0. The van der Waals surface area contributed by atoms with E-state index in [1.807, 2.05) is 6.07 Å². The van der Waals surface area contributed by atoms with Gasteiger partial charge >= 0.3 is 0 Å². The van der Waals surface area contributed by atoms with Gasteiger partial charge in [-0.3, -0.25) is 4.90 Å². The molecule has 24 heavy (non-hydrogen) atoms. The van der Waals surface area contributed by atoms with E-state index in [9.17, 15) is 0 Å². The van der Waals surface area contributed by atoms with E-state index in [0.29, 0.717) is 6.04 Å². The lowest BCUT2D eigenvalue weighted by Crippen LogP contribution is -2.45. The number of ether oxygens (including phenoxy) is 2. The second kappa shape index (κ2) is 12.2. The minimum atomic E-state index is 0.